The SMILES string of the molecule is CC1CC2(CC(c3cocn3)N1)OCCc1cc(Cl)sc12. The zero-order chi connectivity index (χ0) is 14.4. The minimum atomic E-state index is -0.236. The van der Waals surface area contributed by atoms with Crippen LogP contribution < -0.4 is 5.32 Å². The second kappa shape index (κ2) is 5.09. The van der Waals surface area contributed by atoms with Crippen molar-refractivity contribution in [2.75, 3.05) is 6.61 Å². The summed E-state index contributed by atoms with van der Waals surface area (Å²) in [6.07, 6.45) is 5.99. The van der Waals surface area contributed by atoms with E-state index in [0.29, 0.717) is 6.04 Å². The molecule has 4 rings (SSSR count). The molecule has 1 N–H and O–H groups in total. The van der Waals surface area contributed by atoms with E-state index in [1.807, 2.05) is 0 Å². The molecule has 0 saturated carbocycles. The number of halogens is 1. The van der Waals surface area contributed by atoms with Crippen LogP contribution in [0.15, 0.2) is 23.1 Å². The van der Waals surface area contributed by atoms with Crippen molar-refractivity contribution in [1.29, 1.82) is 0 Å². The zero-order valence-electron chi connectivity index (χ0n) is 11.8. The molecule has 4 heterocycles. The van der Waals surface area contributed by atoms with Gasteiger partial charge >= 0.3 is 0 Å². The van der Waals surface area contributed by atoms with Crippen LogP contribution in [0, 0.1) is 0 Å². The third-order valence-corrected chi connectivity index (χ3v) is 5.90. The molecule has 2 aliphatic rings. The van der Waals surface area contributed by atoms with Gasteiger partial charge in [0, 0.05) is 17.3 Å². The van der Waals surface area contributed by atoms with Crippen LogP contribution in [0.3, 0.4) is 0 Å². The summed E-state index contributed by atoms with van der Waals surface area (Å²) >= 11 is 7.91. The summed E-state index contributed by atoms with van der Waals surface area (Å²) < 4.78 is 12.3. The molecule has 0 aromatic carbocycles. The number of rotatable bonds is 1. The number of fused-ring (bicyclic) bond motifs is 2. The first kappa shape index (κ1) is 13.8. The topological polar surface area (TPSA) is 47.3 Å². The maximum Gasteiger partial charge on any atom is 0.180 e. The summed E-state index contributed by atoms with van der Waals surface area (Å²) in [6, 6.07) is 2.61. The van der Waals surface area contributed by atoms with Gasteiger partial charge in [0.15, 0.2) is 6.39 Å². The standard InChI is InChI=1S/C15H17ClN2O2S/c1-9-5-15(6-11(18-9)12-7-19-8-17-12)14-10(2-3-20-15)4-13(16)21-14/h4,7-9,11,18H,2-3,5-6H2,1H3. The van der Waals surface area contributed by atoms with Gasteiger partial charge in [0.05, 0.1) is 22.7 Å². The van der Waals surface area contributed by atoms with Gasteiger partial charge in [-0.3, -0.25) is 0 Å². The number of nitrogens with one attached hydrogen (secondary N) is 1. The molecule has 4 nitrogen and oxygen atoms in total. The van der Waals surface area contributed by atoms with Crippen LogP contribution >= 0.6 is 22.9 Å². The van der Waals surface area contributed by atoms with E-state index < -0.39 is 0 Å². The van der Waals surface area contributed by atoms with Crippen LogP contribution in [0.4, 0.5) is 0 Å². The molecule has 3 atom stereocenters. The van der Waals surface area contributed by atoms with E-state index in [4.69, 9.17) is 20.8 Å². The highest BCUT2D eigenvalue weighted by Gasteiger charge is 2.46. The lowest BCUT2D eigenvalue weighted by Crippen LogP contribution is -2.49. The number of ether oxygens (including phenoxy) is 1. The highest BCUT2D eigenvalue weighted by atomic mass is 35.5. The third kappa shape index (κ3) is 2.32. The van der Waals surface area contributed by atoms with Gasteiger partial charge in [0.1, 0.15) is 11.9 Å². The lowest BCUT2D eigenvalue weighted by Gasteiger charge is -2.45. The van der Waals surface area contributed by atoms with Crippen molar-refractivity contribution in [3.63, 3.8) is 0 Å². The predicted molar refractivity (Wildman–Crippen MR) is 81.7 cm³/mol. The Labute approximate surface area is 132 Å². The summed E-state index contributed by atoms with van der Waals surface area (Å²) in [4.78, 5) is 5.61. The van der Waals surface area contributed by atoms with Crippen LogP contribution in [0.1, 0.15) is 41.9 Å². The first-order valence-corrected chi connectivity index (χ1v) is 8.42. The van der Waals surface area contributed by atoms with Gasteiger partial charge in [-0.2, -0.15) is 0 Å². The van der Waals surface area contributed by atoms with Crippen LogP contribution in [0.2, 0.25) is 4.34 Å². The van der Waals surface area contributed by atoms with Crippen molar-refractivity contribution in [3.8, 4) is 0 Å². The molecule has 112 valence electrons. The van der Waals surface area contributed by atoms with Crippen molar-refractivity contribution < 1.29 is 9.15 Å². The fraction of sp³-hybridized carbons (Fsp3) is 0.533. The fourth-order valence-corrected chi connectivity index (χ4v) is 5.11. The maximum absolute atomic E-state index is 6.30. The first-order valence-electron chi connectivity index (χ1n) is 7.23. The second-order valence-electron chi connectivity index (χ2n) is 5.94. The summed E-state index contributed by atoms with van der Waals surface area (Å²) in [5.41, 5.74) is 2.06. The molecule has 0 bridgehead atoms. The normalized spacial score (nSPS) is 32.3. The van der Waals surface area contributed by atoms with Crippen LogP contribution in [0.5, 0.6) is 0 Å². The molecule has 0 radical (unpaired) electrons. The van der Waals surface area contributed by atoms with E-state index in [0.717, 1.165) is 35.9 Å². The highest BCUT2D eigenvalue weighted by Crippen LogP contribution is 2.49. The first-order chi connectivity index (χ1) is 10.2. The molecule has 21 heavy (non-hydrogen) atoms. The van der Waals surface area contributed by atoms with E-state index in [2.05, 4.69) is 23.3 Å². The Morgan fingerprint density at radius 2 is 2.38 bits per heavy atom. The lowest BCUT2D eigenvalue weighted by molar-refractivity contribution is -0.0957. The second-order valence-corrected chi connectivity index (χ2v) is 7.62. The Hall–Kier alpha value is -0.880. The van der Waals surface area contributed by atoms with Crippen molar-refractivity contribution in [2.45, 2.75) is 43.9 Å². The lowest BCUT2D eigenvalue weighted by atomic mass is 9.79. The molecular formula is C15H17ClN2O2S. The number of hydrogen-bond donors (Lipinski definition) is 1. The minimum absolute atomic E-state index is 0.152. The van der Waals surface area contributed by atoms with Crippen LogP contribution in [-0.2, 0) is 16.8 Å². The van der Waals surface area contributed by atoms with Crippen molar-refractivity contribution >= 4 is 22.9 Å². The van der Waals surface area contributed by atoms with Crippen molar-refractivity contribution in [2.24, 2.45) is 0 Å². The van der Waals surface area contributed by atoms with Gasteiger partial charge in [0.2, 0.25) is 0 Å². The molecule has 3 unspecified atom stereocenters. The molecule has 1 fully saturated rings. The van der Waals surface area contributed by atoms with E-state index in [-0.39, 0.29) is 11.6 Å². The fourth-order valence-electron chi connectivity index (χ4n) is 3.64. The third-order valence-electron chi connectivity index (χ3n) is 4.41. The number of aromatic nitrogens is 1. The van der Waals surface area contributed by atoms with Gasteiger partial charge < -0.3 is 14.5 Å². The smallest absolute Gasteiger partial charge is 0.180 e. The number of oxazole rings is 1. The van der Waals surface area contributed by atoms with Crippen LogP contribution in [0.25, 0.3) is 0 Å². The number of piperidine rings is 1. The predicted octanol–water partition coefficient (Wildman–Crippen LogP) is 3.67. The van der Waals surface area contributed by atoms with E-state index in [1.54, 1.807) is 17.6 Å². The molecule has 2 aromatic heterocycles. The number of nitrogens with zero attached hydrogens (tertiary/aromatic N) is 1. The molecule has 1 saturated heterocycles. The van der Waals surface area contributed by atoms with Gasteiger partial charge in [-0.05, 0) is 31.4 Å². The Kier molecular flexibility index (Phi) is 3.34. The van der Waals surface area contributed by atoms with E-state index in [1.165, 1.54) is 16.8 Å². The van der Waals surface area contributed by atoms with Gasteiger partial charge in [-0.25, -0.2) is 4.98 Å². The van der Waals surface area contributed by atoms with Crippen LogP contribution in [-0.4, -0.2) is 17.6 Å². The van der Waals surface area contributed by atoms with Crippen molar-refractivity contribution in [1.82, 2.24) is 10.3 Å². The van der Waals surface area contributed by atoms with Gasteiger partial charge in [0.25, 0.3) is 0 Å². The van der Waals surface area contributed by atoms with E-state index >= 15 is 0 Å². The Morgan fingerprint density at radius 1 is 1.48 bits per heavy atom. The van der Waals surface area contributed by atoms with Crippen molar-refractivity contribution in [3.05, 3.63) is 39.2 Å². The minimum Gasteiger partial charge on any atom is -0.451 e. The zero-order valence-corrected chi connectivity index (χ0v) is 13.3. The molecule has 1 spiro atoms. The quantitative estimate of drug-likeness (QED) is 0.869. The highest BCUT2D eigenvalue weighted by molar-refractivity contribution is 7.16. The summed E-state index contributed by atoms with van der Waals surface area (Å²) in [5.74, 6) is 0. The van der Waals surface area contributed by atoms with Gasteiger partial charge in [-0.15, -0.1) is 11.3 Å². The summed E-state index contributed by atoms with van der Waals surface area (Å²) in [7, 11) is 0. The average Bonchev–Trinajstić information content (AvgIpc) is 3.07. The molecule has 0 aliphatic carbocycles. The average molecular weight is 325 g/mol. The largest absolute Gasteiger partial charge is 0.451 e. The monoisotopic (exact) mass is 324 g/mol. The van der Waals surface area contributed by atoms with Gasteiger partial charge in [-0.1, -0.05) is 11.6 Å². The molecule has 2 aliphatic heterocycles. The molecular weight excluding hydrogens is 308 g/mol. The van der Waals surface area contributed by atoms with E-state index in [9.17, 15) is 0 Å². The number of hydrogen-bond acceptors (Lipinski definition) is 5. The summed E-state index contributed by atoms with van der Waals surface area (Å²) in [5, 5.41) is 3.60. The Morgan fingerprint density at radius 3 is 3.19 bits per heavy atom. The summed E-state index contributed by atoms with van der Waals surface area (Å²) in [6.45, 7) is 2.96. The number of thiophene rings is 1. The maximum atomic E-state index is 6.30. The molecule has 0 amide bonds. The Balaban J connectivity index is 1.73. The molecule has 6 heteroatoms. The Bertz CT molecular complexity index is 642. The molecule has 2 aromatic rings.